The molecule has 0 radical (unpaired) electrons. The van der Waals surface area contributed by atoms with Gasteiger partial charge in [0.25, 0.3) is 0 Å². The van der Waals surface area contributed by atoms with Gasteiger partial charge in [0.05, 0.1) is 0 Å². The SMILES string of the molecule is Cc1cc2c([c]([Hf]([C]3=CC=CC3)=[C](c3ccccc3)c3ccccc3)c1C)Cc1ccccc1-2.Cl.Cl. The molecule has 0 saturated carbocycles. The molecule has 0 atom stereocenters. The van der Waals surface area contributed by atoms with Crippen LogP contribution >= 0.6 is 24.8 Å². The molecule has 4 aromatic rings. The van der Waals surface area contributed by atoms with E-state index in [1.54, 1.807) is 15.5 Å². The summed E-state index contributed by atoms with van der Waals surface area (Å²) in [6, 6.07) is 33.9. The van der Waals surface area contributed by atoms with Gasteiger partial charge in [0.1, 0.15) is 0 Å². The summed E-state index contributed by atoms with van der Waals surface area (Å²) in [7, 11) is 0. The zero-order valence-corrected chi connectivity index (χ0v) is 25.8. The topological polar surface area (TPSA) is 0 Å². The first-order valence-electron chi connectivity index (χ1n) is 12.2. The van der Waals surface area contributed by atoms with E-state index in [9.17, 15) is 0 Å². The Balaban J connectivity index is 0.00000152. The number of aryl methyl sites for hydroxylation is 1. The van der Waals surface area contributed by atoms with Crippen molar-refractivity contribution in [3.05, 3.63) is 146 Å². The molecule has 0 saturated heterocycles. The zero-order valence-electron chi connectivity index (χ0n) is 20.6. The normalized spacial score (nSPS) is 12.7. The third-order valence-electron chi connectivity index (χ3n) is 7.35. The summed E-state index contributed by atoms with van der Waals surface area (Å²) in [6.45, 7) is 4.70. The molecule has 0 nitrogen and oxygen atoms in total. The Kier molecular flexibility index (Phi) is 8.45. The fourth-order valence-electron chi connectivity index (χ4n) is 5.60. The first-order chi connectivity index (χ1) is 16.7. The Labute approximate surface area is 234 Å². The van der Waals surface area contributed by atoms with Crippen LogP contribution < -0.4 is 3.32 Å². The molecule has 6 rings (SSSR count). The van der Waals surface area contributed by atoms with E-state index in [0.29, 0.717) is 0 Å². The van der Waals surface area contributed by atoms with Crippen LogP contribution in [0.25, 0.3) is 11.1 Å². The minimum Gasteiger partial charge on any atom is -0.147 e. The number of allylic oxidation sites excluding steroid dienone is 4. The molecule has 3 heteroatoms. The van der Waals surface area contributed by atoms with Crippen LogP contribution in [0.3, 0.4) is 0 Å². The maximum Gasteiger partial charge on any atom is -0.147 e. The van der Waals surface area contributed by atoms with Gasteiger partial charge in [-0.1, -0.05) is 0 Å². The van der Waals surface area contributed by atoms with Gasteiger partial charge in [-0.2, -0.15) is 0 Å². The molecule has 2 aliphatic carbocycles. The van der Waals surface area contributed by atoms with Crippen LogP contribution in [0.4, 0.5) is 0 Å². The number of rotatable bonds is 4. The molecule has 0 aromatic heterocycles. The molecular weight excluding hydrogens is 646 g/mol. The number of halogens is 2. The van der Waals surface area contributed by atoms with Gasteiger partial charge in [0.2, 0.25) is 0 Å². The molecule has 0 fully saturated rings. The maximum absolute atomic E-state index is 2.78. The first kappa shape index (κ1) is 26.7. The van der Waals surface area contributed by atoms with Crippen LogP contribution in [0.1, 0.15) is 39.8 Å². The monoisotopic (exact) mass is 676 g/mol. The second-order valence-corrected chi connectivity index (χ2v) is 18.0. The van der Waals surface area contributed by atoms with Crippen molar-refractivity contribution < 1.29 is 21.0 Å². The Hall–Kier alpha value is -2.32. The minimum absolute atomic E-state index is 0. The fraction of sp³-hybridized carbons (Fsp3) is 0.121. The largest absolute Gasteiger partial charge is 0.147 e. The first-order valence-corrected chi connectivity index (χ1v) is 17.5. The number of benzene rings is 4. The number of fused-ring (bicyclic) bond motifs is 3. The Morgan fingerprint density at radius 1 is 0.722 bits per heavy atom. The van der Waals surface area contributed by atoms with Crippen LogP contribution in [0.2, 0.25) is 0 Å². The number of hydrogen-bond donors (Lipinski definition) is 0. The Bertz CT molecular complexity index is 1450. The van der Waals surface area contributed by atoms with E-state index in [1.807, 2.05) is 0 Å². The van der Waals surface area contributed by atoms with E-state index in [2.05, 4.69) is 123 Å². The summed E-state index contributed by atoms with van der Waals surface area (Å²) in [5, 5.41) is 0. The van der Waals surface area contributed by atoms with Crippen LogP contribution in [0.15, 0.2) is 113 Å². The van der Waals surface area contributed by atoms with Gasteiger partial charge in [-0.15, -0.1) is 24.8 Å². The van der Waals surface area contributed by atoms with Crippen LogP contribution in [-0.4, -0.2) is 3.26 Å². The average molecular weight is 676 g/mol. The second-order valence-electron chi connectivity index (χ2n) is 9.36. The standard InChI is InChI=1S/C15H13.C13H10.C5H5.2ClH.Hf/c1-10-7-13-9-12-5-3-4-6-14(12)15(13)8-11(10)2;1-3-7-12(8-4-1)11-13-9-5-2-6-10-13;1-2-4-5-3-1;;;/h3-6,8H,9H2,1-2H3;1-10H;1-3H,4H2;2*1H;. The van der Waals surface area contributed by atoms with Crippen molar-refractivity contribution in [1.82, 2.24) is 0 Å². The van der Waals surface area contributed by atoms with E-state index >= 15 is 0 Å². The van der Waals surface area contributed by atoms with E-state index < -0.39 is 21.0 Å². The van der Waals surface area contributed by atoms with Crippen molar-refractivity contribution in [3.8, 4) is 11.1 Å². The summed E-state index contributed by atoms with van der Waals surface area (Å²) in [5.74, 6) is 0. The Morgan fingerprint density at radius 2 is 1.33 bits per heavy atom. The molecule has 180 valence electrons. The summed E-state index contributed by atoms with van der Waals surface area (Å²) in [5.41, 5.74) is 11.7. The summed E-state index contributed by atoms with van der Waals surface area (Å²) in [4.78, 5) is 0. The Morgan fingerprint density at radius 3 is 1.94 bits per heavy atom. The molecule has 0 aliphatic heterocycles. The molecular formula is C33H30Cl2Hf. The molecule has 2 aliphatic rings. The van der Waals surface area contributed by atoms with Crippen LogP contribution in [0.5, 0.6) is 0 Å². The average Bonchev–Trinajstić information content (AvgIpc) is 3.53. The predicted molar refractivity (Wildman–Crippen MR) is 156 cm³/mol. The summed E-state index contributed by atoms with van der Waals surface area (Å²) >= 11 is -2.78. The molecule has 0 amide bonds. The predicted octanol–water partition coefficient (Wildman–Crippen LogP) is 8.07. The van der Waals surface area contributed by atoms with Gasteiger partial charge in [0.15, 0.2) is 0 Å². The molecule has 0 spiro atoms. The van der Waals surface area contributed by atoms with Crippen LogP contribution in [0, 0.1) is 13.8 Å². The summed E-state index contributed by atoms with van der Waals surface area (Å²) in [6.07, 6.45) is 9.25. The molecule has 0 heterocycles. The fourth-order valence-corrected chi connectivity index (χ4v) is 18.1. The molecule has 0 bridgehead atoms. The molecule has 0 unspecified atom stereocenters. The van der Waals surface area contributed by atoms with Crippen molar-refractivity contribution in [2.75, 3.05) is 0 Å². The second kappa shape index (κ2) is 11.4. The van der Waals surface area contributed by atoms with E-state index in [1.165, 1.54) is 38.9 Å². The van der Waals surface area contributed by atoms with Crippen molar-refractivity contribution >= 4 is 31.4 Å². The van der Waals surface area contributed by atoms with Crippen LogP contribution in [-0.2, 0) is 27.4 Å². The van der Waals surface area contributed by atoms with Gasteiger partial charge in [0, 0.05) is 0 Å². The molecule has 0 N–H and O–H groups in total. The molecule has 4 aromatic carbocycles. The van der Waals surface area contributed by atoms with Crippen molar-refractivity contribution in [2.45, 2.75) is 26.7 Å². The third-order valence-corrected chi connectivity index (χ3v) is 19.1. The van der Waals surface area contributed by atoms with Gasteiger partial charge in [-0.25, -0.2) is 0 Å². The van der Waals surface area contributed by atoms with E-state index in [-0.39, 0.29) is 24.8 Å². The third kappa shape index (κ3) is 4.70. The summed E-state index contributed by atoms with van der Waals surface area (Å²) < 4.78 is 5.03. The van der Waals surface area contributed by atoms with E-state index in [0.717, 1.165) is 12.8 Å². The van der Waals surface area contributed by atoms with E-state index in [4.69, 9.17) is 0 Å². The van der Waals surface area contributed by atoms with Gasteiger partial charge in [-0.05, 0) is 0 Å². The quantitative estimate of drug-likeness (QED) is 0.169. The zero-order chi connectivity index (χ0) is 23.1. The van der Waals surface area contributed by atoms with Crippen molar-refractivity contribution in [1.29, 1.82) is 0 Å². The van der Waals surface area contributed by atoms with Crippen molar-refractivity contribution in [3.63, 3.8) is 0 Å². The van der Waals surface area contributed by atoms with Gasteiger partial charge >= 0.3 is 211 Å². The number of hydrogen-bond acceptors (Lipinski definition) is 0. The maximum atomic E-state index is 2.45. The van der Waals surface area contributed by atoms with Gasteiger partial charge < -0.3 is 0 Å². The van der Waals surface area contributed by atoms with Gasteiger partial charge in [-0.3, -0.25) is 0 Å². The van der Waals surface area contributed by atoms with Crippen molar-refractivity contribution in [2.24, 2.45) is 0 Å². The smallest absolute Gasteiger partial charge is 0.147 e. The molecule has 36 heavy (non-hydrogen) atoms. The minimum atomic E-state index is -2.78.